The van der Waals surface area contributed by atoms with Crippen LogP contribution in [0, 0.1) is 0 Å². The van der Waals surface area contributed by atoms with Crippen LogP contribution < -0.4 is 5.73 Å². The van der Waals surface area contributed by atoms with Gasteiger partial charge >= 0.3 is 0 Å². The molecule has 3 nitrogen and oxygen atoms in total. The molecule has 0 bridgehead atoms. The summed E-state index contributed by atoms with van der Waals surface area (Å²) in [6.07, 6.45) is 2.27. The number of nitrogens with zero attached hydrogens (tertiary/aromatic N) is 1. The molecule has 0 atom stereocenters. The third kappa shape index (κ3) is 1.90. The van der Waals surface area contributed by atoms with E-state index in [2.05, 4.69) is 15.9 Å². The molecule has 1 amide bonds. The molecule has 0 saturated carbocycles. The van der Waals surface area contributed by atoms with Crippen LogP contribution in [0.3, 0.4) is 0 Å². The molecule has 2 rings (SSSR count). The van der Waals surface area contributed by atoms with Gasteiger partial charge < -0.3 is 10.3 Å². The fraction of sp³-hybridized carbons (Fsp3) is 0.182. The maximum absolute atomic E-state index is 10.8. The van der Waals surface area contributed by atoms with Crippen LogP contribution in [0.15, 0.2) is 28.9 Å². The number of rotatable bonds is 2. The zero-order valence-electron chi connectivity index (χ0n) is 8.33. The number of amides is 1. The maximum Gasteiger partial charge on any atom is 0.221 e. The van der Waals surface area contributed by atoms with Crippen molar-refractivity contribution in [1.29, 1.82) is 0 Å². The quantitative estimate of drug-likeness (QED) is 0.888. The number of hydrogen-bond acceptors (Lipinski definition) is 1. The van der Waals surface area contributed by atoms with E-state index < -0.39 is 0 Å². The minimum atomic E-state index is -0.310. The van der Waals surface area contributed by atoms with Crippen molar-refractivity contribution < 1.29 is 4.79 Å². The molecule has 0 unspecified atom stereocenters. The van der Waals surface area contributed by atoms with Crippen molar-refractivity contribution in [3.63, 3.8) is 0 Å². The number of carbonyl (C=O) groups is 1. The molecule has 1 aromatic heterocycles. The van der Waals surface area contributed by atoms with Crippen LogP contribution >= 0.6 is 15.9 Å². The van der Waals surface area contributed by atoms with Crippen LogP contribution in [0.4, 0.5) is 0 Å². The molecule has 0 spiro atoms. The third-order valence-electron chi connectivity index (χ3n) is 2.39. The lowest BCUT2D eigenvalue weighted by molar-refractivity contribution is -0.117. The van der Waals surface area contributed by atoms with Gasteiger partial charge in [-0.3, -0.25) is 4.79 Å². The Hall–Kier alpha value is -1.29. The predicted octanol–water partition coefficient (Wildman–Crippen LogP) is 1.97. The molecule has 15 heavy (non-hydrogen) atoms. The van der Waals surface area contributed by atoms with Gasteiger partial charge in [0.25, 0.3) is 0 Å². The number of halogens is 1. The van der Waals surface area contributed by atoms with Gasteiger partial charge in [0.1, 0.15) is 0 Å². The lowest BCUT2D eigenvalue weighted by atomic mass is 10.1. The van der Waals surface area contributed by atoms with Crippen molar-refractivity contribution in [2.45, 2.75) is 6.42 Å². The van der Waals surface area contributed by atoms with Gasteiger partial charge in [-0.15, -0.1) is 0 Å². The van der Waals surface area contributed by atoms with Crippen molar-refractivity contribution >= 4 is 32.7 Å². The van der Waals surface area contributed by atoms with Gasteiger partial charge in [-0.05, 0) is 23.8 Å². The summed E-state index contributed by atoms with van der Waals surface area (Å²) < 4.78 is 3.02. The number of hydrogen-bond donors (Lipinski definition) is 1. The number of aromatic nitrogens is 1. The molecule has 0 aliphatic carbocycles. The minimum absolute atomic E-state index is 0.277. The van der Waals surface area contributed by atoms with E-state index in [1.54, 1.807) is 0 Å². The van der Waals surface area contributed by atoms with Crippen LogP contribution in [0.2, 0.25) is 0 Å². The van der Waals surface area contributed by atoms with Gasteiger partial charge in [0, 0.05) is 28.6 Å². The van der Waals surface area contributed by atoms with E-state index in [4.69, 9.17) is 5.73 Å². The van der Waals surface area contributed by atoms with Crippen molar-refractivity contribution in [3.8, 4) is 0 Å². The first kappa shape index (κ1) is 10.2. The average molecular weight is 267 g/mol. The molecule has 0 fully saturated rings. The molecular formula is C11H11BrN2O. The first-order valence-corrected chi connectivity index (χ1v) is 5.39. The minimum Gasteiger partial charge on any atom is -0.369 e. The van der Waals surface area contributed by atoms with Crippen LogP contribution in [-0.2, 0) is 18.3 Å². The van der Waals surface area contributed by atoms with Crippen LogP contribution in [0.25, 0.3) is 10.9 Å². The van der Waals surface area contributed by atoms with E-state index in [-0.39, 0.29) is 12.3 Å². The largest absolute Gasteiger partial charge is 0.369 e. The molecule has 2 N–H and O–H groups in total. The van der Waals surface area contributed by atoms with Gasteiger partial charge in [0.2, 0.25) is 5.91 Å². The van der Waals surface area contributed by atoms with E-state index in [1.165, 1.54) is 0 Å². The SMILES string of the molecule is Cn1ccc2c(Br)cc(CC(N)=O)cc21. The summed E-state index contributed by atoms with van der Waals surface area (Å²) >= 11 is 3.49. The third-order valence-corrected chi connectivity index (χ3v) is 3.05. The lowest BCUT2D eigenvalue weighted by Crippen LogP contribution is -2.13. The maximum atomic E-state index is 10.8. The summed E-state index contributed by atoms with van der Waals surface area (Å²) in [6, 6.07) is 5.96. The molecule has 1 aromatic carbocycles. The number of carbonyl (C=O) groups excluding carboxylic acids is 1. The molecule has 2 aromatic rings. The Morgan fingerprint density at radius 2 is 2.27 bits per heavy atom. The van der Waals surface area contributed by atoms with Gasteiger partial charge in [-0.25, -0.2) is 0 Å². The molecule has 1 heterocycles. The van der Waals surface area contributed by atoms with Crippen molar-refractivity contribution in [2.24, 2.45) is 12.8 Å². The average Bonchev–Trinajstić information content (AvgIpc) is 2.47. The highest BCUT2D eigenvalue weighted by atomic mass is 79.9. The van der Waals surface area contributed by atoms with E-state index in [9.17, 15) is 4.79 Å². The highest BCUT2D eigenvalue weighted by Crippen LogP contribution is 2.26. The molecule has 0 saturated heterocycles. The Bertz CT molecular complexity index is 531. The Kier molecular flexibility index (Phi) is 2.52. The Balaban J connectivity index is 2.59. The second-order valence-corrected chi connectivity index (χ2v) is 4.43. The number of aryl methyl sites for hydroxylation is 1. The summed E-state index contributed by atoms with van der Waals surface area (Å²) in [5.41, 5.74) is 7.20. The molecule has 4 heteroatoms. The van der Waals surface area contributed by atoms with Crippen LogP contribution in [-0.4, -0.2) is 10.5 Å². The smallest absolute Gasteiger partial charge is 0.221 e. The molecular weight excluding hydrogens is 256 g/mol. The van der Waals surface area contributed by atoms with E-state index >= 15 is 0 Å². The van der Waals surface area contributed by atoms with Gasteiger partial charge in [0.05, 0.1) is 6.42 Å². The Morgan fingerprint density at radius 3 is 2.93 bits per heavy atom. The topological polar surface area (TPSA) is 48.0 Å². The lowest BCUT2D eigenvalue weighted by Gasteiger charge is -2.03. The number of fused-ring (bicyclic) bond motifs is 1. The molecule has 0 aliphatic rings. The van der Waals surface area contributed by atoms with E-state index in [0.29, 0.717) is 0 Å². The van der Waals surface area contributed by atoms with Crippen molar-refractivity contribution in [3.05, 3.63) is 34.4 Å². The second-order valence-electron chi connectivity index (χ2n) is 3.58. The van der Waals surface area contributed by atoms with E-state index in [1.807, 2.05) is 36.0 Å². The van der Waals surface area contributed by atoms with Gasteiger partial charge in [0.15, 0.2) is 0 Å². The number of benzene rings is 1. The summed E-state index contributed by atoms with van der Waals surface area (Å²) in [5, 5.41) is 1.14. The van der Waals surface area contributed by atoms with Crippen molar-refractivity contribution in [2.75, 3.05) is 0 Å². The highest BCUT2D eigenvalue weighted by molar-refractivity contribution is 9.10. The molecule has 0 radical (unpaired) electrons. The monoisotopic (exact) mass is 266 g/mol. The number of primary amides is 1. The molecule has 0 aliphatic heterocycles. The van der Waals surface area contributed by atoms with Crippen molar-refractivity contribution in [1.82, 2.24) is 4.57 Å². The number of nitrogens with two attached hydrogens (primary N) is 1. The van der Waals surface area contributed by atoms with Crippen LogP contribution in [0.5, 0.6) is 0 Å². The second kappa shape index (κ2) is 3.70. The van der Waals surface area contributed by atoms with Crippen LogP contribution in [0.1, 0.15) is 5.56 Å². The standard InChI is InChI=1S/C11H11BrN2O/c1-14-3-2-8-9(12)4-7(5-10(8)14)6-11(13)15/h2-5H,6H2,1H3,(H2,13,15). The zero-order chi connectivity index (χ0) is 11.0. The summed E-state index contributed by atoms with van der Waals surface area (Å²) in [5.74, 6) is -0.310. The predicted molar refractivity (Wildman–Crippen MR) is 63.5 cm³/mol. The summed E-state index contributed by atoms with van der Waals surface area (Å²) in [6.45, 7) is 0. The highest BCUT2D eigenvalue weighted by Gasteiger charge is 2.06. The van der Waals surface area contributed by atoms with Gasteiger partial charge in [-0.1, -0.05) is 15.9 Å². The first-order valence-electron chi connectivity index (χ1n) is 4.59. The normalized spacial score (nSPS) is 10.8. The van der Waals surface area contributed by atoms with E-state index in [0.717, 1.165) is 20.9 Å². The zero-order valence-corrected chi connectivity index (χ0v) is 9.91. The first-order chi connectivity index (χ1) is 7.08. The fourth-order valence-corrected chi connectivity index (χ4v) is 2.31. The Morgan fingerprint density at radius 1 is 1.53 bits per heavy atom. The van der Waals surface area contributed by atoms with Gasteiger partial charge in [-0.2, -0.15) is 0 Å². The Labute approximate surface area is 96.0 Å². The summed E-state index contributed by atoms with van der Waals surface area (Å²) in [7, 11) is 1.98. The summed E-state index contributed by atoms with van der Waals surface area (Å²) in [4.78, 5) is 10.8. The molecule has 78 valence electrons. The fourth-order valence-electron chi connectivity index (χ4n) is 1.68.